The SMILES string of the molecule is C=CC(=O)N1C[C@H](Cn2c(=O)c(Oc3ccc(F)cc3F)cc3cnc(N)nc32)[C@@H](OC)C1.C=CC(=O)Nc1cc(Nc2ncc3cc(Oc4ccc(F)cc4F)c(=O)n(C)c3n2)n(C)n1.CCC(=O)Nc1cc(Nc2ncc3cc(Oc4ccc(F)cc4F)c(=O)n(C)c3n2)c(OC)cc1N(C)CCN(C)C. The number of aryl methyl sites for hydroxylation is 3. The highest BCUT2D eigenvalue weighted by Crippen LogP contribution is 2.39. The Labute approximate surface area is 610 Å². The molecule has 6 N–H and O–H groups in total. The number of anilines is 8. The fourth-order valence-electron chi connectivity index (χ4n) is 11.0. The van der Waals surface area contributed by atoms with Crippen LogP contribution in [0.5, 0.6) is 40.2 Å². The normalized spacial score (nSPS) is 13.1. The predicted octanol–water partition coefficient (Wildman–Crippen LogP) is 9.60. The predicted molar refractivity (Wildman–Crippen MR) is 390 cm³/mol. The zero-order chi connectivity index (χ0) is 77.9. The van der Waals surface area contributed by atoms with E-state index in [9.17, 15) is 55.1 Å². The number of halogens is 6. The Morgan fingerprint density at radius 3 is 1.61 bits per heavy atom. The molecule has 4 aromatic carbocycles. The molecule has 30 nitrogen and oxygen atoms in total. The third-order valence-electron chi connectivity index (χ3n) is 16.6. The maximum absolute atomic E-state index is 14.1. The number of amides is 3. The van der Waals surface area contributed by atoms with Crippen molar-refractivity contribution in [3.8, 4) is 40.2 Å². The molecular weight excluding hydrogens is 1420 g/mol. The summed E-state index contributed by atoms with van der Waals surface area (Å²) in [7, 11) is 13.6. The number of aromatic nitrogens is 11. The standard InChI is InChI=1S/C29H33F2N7O4.C22H21F2N5O4.C21H17F2N7O3/c1-7-26(39)33-20-14-21(24(41-6)15-22(20)37(4)11-10-36(2)3)34-29-32-16-17-12-25(28(40)38(5)27(17)35-29)42-23-9-8-18(30)13-19(23)31;1-3-19(30)28-9-13(18(11-28)32-2)10-29-20-12(8-26-22(25)27-20)6-17(21(29)31)33-16-5-4-14(23)7-15(16)24;1-4-18(31)25-16-9-17(30(3)28-16)26-21-24-10-11-7-15(20(32)29(2)19(11)27-21)33-14-6-5-12(22)8-13(14)23/h8-9,12-16H,7,10-11H2,1-6H3,(H,33,39)(H,32,34,35);3-8,13,18H,1,9-11H2,2H3,(H2,25,26,27);4-10H,1H2,2-3H3,(H,24,26,27)(H,25,28,31)/t;13-,18+;/m.1./s1. The van der Waals surface area contributed by atoms with Crippen molar-refractivity contribution < 1.29 is 64.4 Å². The van der Waals surface area contributed by atoms with E-state index in [0.717, 1.165) is 54.7 Å². The molecule has 1 aliphatic rings. The Balaban J connectivity index is 0.000000175. The molecule has 0 aliphatic carbocycles. The Bertz CT molecular complexity index is 5490. The summed E-state index contributed by atoms with van der Waals surface area (Å²) in [6.45, 7) is 11.0. The van der Waals surface area contributed by atoms with Gasteiger partial charge in [-0.2, -0.15) is 20.1 Å². The number of nitrogens with two attached hydrogens (primary N) is 1. The lowest BCUT2D eigenvalue weighted by atomic mass is 10.1. The maximum Gasteiger partial charge on any atom is 0.295 e. The minimum Gasteiger partial charge on any atom is -0.494 e. The van der Waals surface area contributed by atoms with E-state index in [1.807, 2.05) is 32.1 Å². The van der Waals surface area contributed by atoms with Gasteiger partial charge in [-0.15, -0.1) is 0 Å². The van der Waals surface area contributed by atoms with Gasteiger partial charge in [-0.1, -0.05) is 20.1 Å². The molecule has 8 heterocycles. The first-order valence-electron chi connectivity index (χ1n) is 32.7. The summed E-state index contributed by atoms with van der Waals surface area (Å²) in [5.74, 6) is -6.07. The second-order valence-electron chi connectivity index (χ2n) is 24.3. The third-order valence-corrected chi connectivity index (χ3v) is 16.6. The zero-order valence-electron chi connectivity index (χ0n) is 59.5. The van der Waals surface area contributed by atoms with Crippen LogP contribution >= 0.6 is 0 Å². The molecule has 562 valence electrons. The van der Waals surface area contributed by atoms with Crippen molar-refractivity contribution in [3.05, 3.63) is 201 Å². The molecule has 1 fully saturated rings. The average molecular weight is 1490 g/mol. The molecule has 36 heteroatoms. The number of rotatable bonds is 23. The highest BCUT2D eigenvalue weighted by Gasteiger charge is 2.36. The Morgan fingerprint density at radius 1 is 0.602 bits per heavy atom. The molecule has 2 atom stereocenters. The average Bonchev–Trinajstić information content (AvgIpc) is 1.00. The van der Waals surface area contributed by atoms with Crippen LogP contribution in [0.15, 0.2) is 149 Å². The van der Waals surface area contributed by atoms with Crippen molar-refractivity contribution in [3.63, 3.8) is 0 Å². The van der Waals surface area contributed by atoms with E-state index in [0.29, 0.717) is 89.2 Å². The summed E-state index contributed by atoms with van der Waals surface area (Å²) < 4.78 is 115. The molecule has 0 unspecified atom stereocenters. The number of nitrogen functional groups attached to an aromatic ring is 1. The number of nitrogens with one attached hydrogen (secondary N) is 4. The number of carbonyl (C=O) groups excluding carboxylic acids is 3. The molecule has 11 aromatic rings. The van der Waals surface area contributed by atoms with Crippen LogP contribution in [0, 0.1) is 40.8 Å². The number of nitrogens with zero attached hydrogens (tertiary/aromatic N) is 14. The fraction of sp³-hybridized carbons (Fsp3) is 0.236. The van der Waals surface area contributed by atoms with Crippen LogP contribution in [-0.2, 0) is 46.8 Å². The molecule has 1 aliphatic heterocycles. The molecule has 1 saturated heterocycles. The first kappa shape index (κ1) is 77.4. The number of ether oxygens (including phenoxy) is 5. The molecule has 12 rings (SSSR count). The van der Waals surface area contributed by atoms with Gasteiger partial charge in [-0.25, -0.2) is 41.3 Å². The van der Waals surface area contributed by atoms with Gasteiger partial charge in [0.05, 0.1) is 30.3 Å². The lowest BCUT2D eigenvalue weighted by Gasteiger charge is -2.26. The smallest absolute Gasteiger partial charge is 0.295 e. The van der Waals surface area contributed by atoms with Crippen LogP contribution in [0.4, 0.5) is 72.9 Å². The van der Waals surface area contributed by atoms with Gasteiger partial charge in [0.15, 0.2) is 57.8 Å². The zero-order valence-corrected chi connectivity index (χ0v) is 59.5. The third kappa shape index (κ3) is 18.1. The van der Waals surface area contributed by atoms with E-state index < -0.39 is 57.5 Å². The molecule has 0 bridgehead atoms. The first-order valence-corrected chi connectivity index (χ1v) is 32.7. The molecular formula is C72H71F6N19O11. The largest absolute Gasteiger partial charge is 0.494 e. The number of likely N-dealkylation sites (tertiary alicyclic amines) is 1. The lowest BCUT2D eigenvalue weighted by Crippen LogP contribution is -2.31. The van der Waals surface area contributed by atoms with Gasteiger partial charge in [-0.05, 0) is 86.9 Å². The van der Waals surface area contributed by atoms with E-state index in [1.165, 1.54) is 89.6 Å². The number of methoxy groups -OCH3 is 2. The Kier molecular flexibility index (Phi) is 24.1. The van der Waals surface area contributed by atoms with Crippen molar-refractivity contribution in [2.75, 3.05) is 93.4 Å². The van der Waals surface area contributed by atoms with Crippen LogP contribution in [0.25, 0.3) is 33.1 Å². The molecule has 108 heavy (non-hydrogen) atoms. The number of pyridine rings is 3. The number of carbonyl (C=O) groups is 3. The summed E-state index contributed by atoms with van der Waals surface area (Å²) >= 11 is 0. The molecule has 0 saturated carbocycles. The van der Waals surface area contributed by atoms with Crippen LogP contribution in [-0.4, -0.2) is 149 Å². The number of hydrogen-bond acceptors (Lipinski definition) is 23. The quantitative estimate of drug-likeness (QED) is 0.0294. The highest BCUT2D eigenvalue weighted by molar-refractivity contribution is 5.98. The summed E-state index contributed by atoms with van der Waals surface area (Å²) in [6.07, 6.45) is 6.65. The van der Waals surface area contributed by atoms with E-state index >= 15 is 0 Å². The van der Waals surface area contributed by atoms with Gasteiger partial charge in [0.1, 0.15) is 46.0 Å². The van der Waals surface area contributed by atoms with Crippen LogP contribution in [0.1, 0.15) is 13.3 Å². The number of likely N-dealkylation sites (N-methyl/N-ethyl adjacent to an activating group) is 2. The fourth-order valence-corrected chi connectivity index (χ4v) is 11.0. The van der Waals surface area contributed by atoms with Gasteiger partial charge in [-0.3, -0.25) is 47.2 Å². The second-order valence-corrected chi connectivity index (χ2v) is 24.3. The monoisotopic (exact) mass is 1490 g/mol. The van der Waals surface area contributed by atoms with Crippen molar-refractivity contribution in [2.45, 2.75) is 26.0 Å². The summed E-state index contributed by atoms with van der Waals surface area (Å²) in [5, 5.41) is 17.0. The minimum absolute atomic E-state index is 0.0351. The van der Waals surface area contributed by atoms with Gasteiger partial charge in [0.25, 0.3) is 16.7 Å². The topological polar surface area (TPSA) is 342 Å². The number of benzene rings is 4. The highest BCUT2D eigenvalue weighted by atomic mass is 19.2. The summed E-state index contributed by atoms with van der Waals surface area (Å²) in [6, 6.07) is 17.6. The van der Waals surface area contributed by atoms with E-state index in [1.54, 1.807) is 31.0 Å². The Morgan fingerprint density at radius 2 is 1.12 bits per heavy atom. The van der Waals surface area contributed by atoms with Gasteiger partial charge in [0, 0.05) is 145 Å². The molecule has 0 radical (unpaired) electrons. The van der Waals surface area contributed by atoms with Crippen molar-refractivity contribution in [2.24, 2.45) is 27.1 Å². The van der Waals surface area contributed by atoms with E-state index in [4.69, 9.17) is 29.4 Å². The molecule has 3 amide bonds. The van der Waals surface area contributed by atoms with E-state index in [-0.39, 0.29) is 99.7 Å². The van der Waals surface area contributed by atoms with Gasteiger partial charge >= 0.3 is 0 Å². The van der Waals surface area contributed by atoms with Crippen molar-refractivity contribution in [1.82, 2.24) is 63.2 Å². The van der Waals surface area contributed by atoms with Gasteiger partial charge in [0.2, 0.25) is 35.6 Å². The Hall–Kier alpha value is -13.3. The number of fused-ring (bicyclic) bond motifs is 3. The van der Waals surface area contributed by atoms with E-state index in [2.05, 4.69) is 74.3 Å². The van der Waals surface area contributed by atoms with Crippen LogP contribution in [0.2, 0.25) is 0 Å². The maximum atomic E-state index is 14.1. The number of hydrogen-bond donors (Lipinski definition) is 5. The van der Waals surface area contributed by atoms with Crippen LogP contribution in [0.3, 0.4) is 0 Å². The van der Waals surface area contributed by atoms with Crippen molar-refractivity contribution in [1.29, 1.82) is 0 Å². The van der Waals surface area contributed by atoms with Crippen LogP contribution < -0.4 is 67.5 Å². The first-order chi connectivity index (χ1) is 51.5. The second kappa shape index (κ2) is 33.7. The van der Waals surface area contributed by atoms with Crippen molar-refractivity contribution >= 4 is 97.4 Å². The summed E-state index contributed by atoms with van der Waals surface area (Å²) in [4.78, 5) is 106. The molecule has 0 spiro atoms. The molecule has 7 aromatic heterocycles. The minimum atomic E-state index is -0.955. The summed E-state index contributed by atoms with van der Waals surface area (Å²) in [5.41, 5.74) is 6.63. The van der Waals surface area contributed by atoms with Gasteiger partial charge < -0.3 is 65.4 Å². The lowest BCUT2D eigenvalue weighted by molar-refractivity contribution is -0.125.